The largest absolute Gasteiger partial charge is 0.496 e. The summed E-state index contributed by atoms with van der Waals surface area (Å²) >= 11 is 11.9. The number of allylic oxidation sites excluding steroid dienone is 1. The van der Waals surface area contributed by atoms with E-state index in [1.807, 2.05) is 20.8 Å². The molecule has 66 valence electrons. The molecule has 0 radical (unpaired) electrons. The smallest absolute Gasteiger partial charge is 0.176 e. The molecular weight excluding hydrogens is 183 g/mol. The Morgan fingerprint density at radius 2 is 2.00 bits per heavy atom. The fourth-order valence-electron chi connectivity index (χ4n) is 0.592. The Labute approximate surface area is 78.3 Å². The second kappa shape index (κ2) is 4.22. The Bertz CT molecular complexity index is 141. The van der Waals surface area contributed by atoms with Crippen LogP contribution in [0.4, 0.5) is 0 Å². The summed E-state index contributed by atoms with van der Waals surface area (Å²) in [7, 11) is 0. The molecule has 0 bridgehead atoms. The van der Waals surface area contributed by atoms with Crippen LogP contribution in [0.25, 0.3) is 0 Å². The summed E-state index contributed by atoms with van der Waals surface area (Å²) in [6, 6.07) is 0. The van der Waals surface area contributed by atoms with E-state index in [1.54, 1.807) is 0 Å². The Morgan fingerprint density at radius 1 is 1.55 bits per heavy atom. The van der Waals surface area contributed by atoms with Crippen LogP contribution in [0, 0.1) is 5.92 Å². The maximum atomic E-state index is 5.94. The van der Waals surface area contributed by atoms with Gasteiger partial charge >= 0.3 is 0 Å². The summed E-state index contributed by atoms with van der Waals surface area (Å²) < 4.78 is 4.15. The molecule has 0 amide bonds. The standard InChI is InChI=1S/C8H14Cl2O/c1-5-11-7(4)8(9,10)6(2)3/h6H,4-5H2,1-3H3. The molecule has 0 aromatic carbocycles. The summed E-state index contributed by atoms with van der Waals surface area (Å²) in [4.78, 5) is 0. The summed E-state index contributed by atoms with van der Waals surface area (Å²) in [6.07, 6.45) is 0. The van der Waals surface area contributed by atoms with Gasteiger partial charge in [0.15, 0.2) is 4.33 Å². The molecule has 0 aliphatic carbocycles. The molecule has 0 aliphatic heterocycles. The van der Waals surface area contributed by atoms with Gasteiger partial charge < -0.3 is 4.74 Å². The zero-order valence-corrected chi connectivity index (χ0v) is 8.67. The van der Waals surface area contributed by atoms with Crippen LogP contribution < -0.4 is 0 Å². The Hall–Kier alpha value is 0.120. The Morgan fingerprint density at radius 3 is 2.27 bits per heavy atom. The molecule has 0 N–H and O–H groups in total. The number of alkyl halides is 2. The second-order valence-corrected chi connectivity index (χ2v) is 4.02. The van der Waals surface area contributed by atoms with Crippen LogP contribution >= 0.6 is 23.2 Å². The molecule has 1 nitrogen and oxygen atoms in total. The molecule has 0 unspecified atom stereocenters. The van der Waals surface area contributed by atoms with Gasteiger partial charge in [-0.05, 0) is 12.8 Å². The van der Waals surface area contributed by atoms with Gasteiger partial charge in [-0.3, -0.25) is 0 Å². The fraction of sp³-hybridized carbons (Fsp3) is 0.750. The van der Waals surface area contributed by atoms with Crippen LogP contribution in [-0.4, -0.2) is 10.9 Å². The number of hydrogen-bond donors (Lipinski definition) is 0. The fourth-order valence-corrected chi connectivity index (χ4v) is 0.702. The van der Waals surface area contributed by atoms with Crippen molar-refractivity contribution in [1.82, 2.24) is 0 Å². The molecule has 0 saturated carbocycles. The van der Waals surface area contributed by atoms with E-state index in [-0.39, 0.29) is 5.92 Å². The van der Waals surface area contributed by atoms with E-state index >= 15 is 0 Å². The van der Waals surface area contributed by atoms with Gasteiger partial charge in [-0.2, -0.15) is 0 Å². The van der Waals surface area contributed by atoms with E-state index in [2.05, 4.69) is 6.58 Å². The van der Waals surface area contributed by atoms with Gasteiger partial charge in [-0.15, -0.1) is 0 Å². The maximum absolute atomic E-state index is 5.94. The third-order valence-electron chi connectivity index (χ3n) is 1.42. The lowest BCUT2D eigenvalue weighted by molar-refractivity contribution is 0.206. The van der Waals surface area contributed by atoms with E-state index < -0.39 is 4.33 Å². The molecular formula is C8H14Cl2O. The second-order valence-electron chi connectivity index (χ2n) is 2.63. The molecule has 0 spiro atoms. The summed E-state index contributed by atoms with van der Waals surface area (Å²) in [5.41, 5.74) is 0. The van der Waals surface area contributed by atoms with Crippen LogP contribution in [0.3, 0.4) is 0 Å². The minimum atomic E-state index is -0.962. The minimum Gasteiger partial charge on any atom is -0.496 e. The molecule has 3 heteroatoms. The highest BCUT2D eigenvalue weighted by molar-refractivity contribution is 6.50. The van der Waals surface area contributed by atoms with Crippen molar-refractivity contribution in [3.63, 3.8) is 0 Å². The monoisotopic (exact) mass is 196 g/mol. The van der Waals surface area contributed by atoms with Gasteiger partial charge in [-0.25, -0.2) is 0 Å². The van der Waals surface area contributed by atoms with Crippen molar-refractivity contribution in [2.45, 2.75) is 25.1 Å². The van der Waals surface area contributed by atoms with Crippen molar-refractivity contribution in [3.8, 4) is 0 Å². The first-order valence-corrected chi connectivity index (χ1v) is 4.38. The predicted octanol–water partition coefficient (Wildman–Crippen LogP) is 3.37. The third kappa shape index (κ3) is 2.92. The van der Waals surface area contributed by atoms with E-state index in [0.29, 0.717) is 12.4 Å². The van der Waals surface area contributed by atoms with Gasteiger partial charge in [0.25, 0.3) is 0 Å². The quantitative estimate of drug-likeness (QED) is 0.496. The first kappa shape index (κ1) is 11.1. The van der Waals surface area contributed by atoms with E-state index in [1.165, 1.54) is 0 Å². The van der Waals surface area contributed by atoms with E-state index in [4.69, 9.17) is 27.9 Å². The van der Waals surface area contributed by atoms with Crippen molar-refractivity contribution < 1.29 is 4.74 Å². The Kier molecular flexibility index (Phi) is 4.27. The lowest BCUT2D eigenvalue weighted by atomic mass is 10.1. The molecule has 0 atom stereocenters. The van der Waals surface area contributed by atoms with Crippen molar-refractivity contribution in [1.29, 1.82) is 0 Å². The van der Waals surface area contributed by atoms with Crippen molar-refractivity contribution >= 4 is 23.2 Å². The predicted molar refractivity (Wildman–Crippen MR) is 50.0 cm³/mol. The number of halogens is 2. The molecule has 0 fully saturated rings. The zero-order chi connectivity index (χ0) is 9.07. The molecule has 0 saturated heterocycles. The van der Waals surface area contributed by atoms with Crippen LogP contribution in [0.1, 0.15) is 20.8 Å². The van der Waals surface area contributed by atoms with Gasteiger partial charge in [0.1, 0.15) is 5.76 Å². The number of rotatable bonds is 4. The van der Waals surface area contributed by atoms with Crippen molar-refractivity contribution in [2.75, 3.05) is 6.61 Å². The third-order valence-corrected chi connectivity index (χ3v) is 2.71. The number of hydrogen-bond acceptors (Lipinski definition) is 1. The summed E-state index contributed by atoms with van der Waals surface area (Å²) in [6.45, 7) is 9.91. The molecule has 0 heterocycles. The lowest BCUT2D eigenvalue weighted by Gasteiger charge is -2.25. The normalized spacial score (nSPS) is 11.8. The molecule has 0 rings (SSSR count). The van der Waals surface area contributed by atoms with Crippen LogP contribution in [0.2, 0.25) is 0 Å². The maximum Gasteiger partial charge on any atom is 0.176 e. The summed E-state index contributed by atoms with van der Waals surface area (Å²) in [5, 5.41) is 0. The van der Waals surface area contributed by atoms with Gasteiger partial charge in [-0.1, -0.05) is 43.6 Å². The summed E-state index contributed by atoms with van der Waals surface area (Å²) in [5.74, 6) is 0.531. The van der Waals surface area contributed by atoms with Crippen LogP contribution in [0.5, 0.6) is 0 Å². The molecule has 11 heavy (non-hydrogen) atoms. The lowest BCUT2D eigenvalue weighted by Crippen LogP contribution is -2.24. The SMILES string of the molecule is C=C(OCC)C(Cl)(Cl)C(C)C. The highest BCUT2D eigenvalue weighted by atomic mass is 35.5. The van der Waals surface area contributed by atoms with Crippen LogP contribution in [0.15, 0.2) is 12.3 Å². The Balaban J connectivity index is 4.18. The van der Waals surface area contributed by atoms with Gasteiger partial charge in [0.2, 0.25) is 0 Å². The highest BCUT2D eigenvalue weighted by Crippen LogP contribution is 2.36. The average molecular weight is 197 g/mol. The average Bonchev–Trinajstić information content (AvgIpc) is 1.88. The first-order valence-electron chi connectivity index (χ1n) is 3.62. The van der Waals surface area contributed by atoms with E-state index in [0.717, 1.165) is 0 Å². The first-order chi connectivity index (χ1) is 4.92. The minimum absolute atomic E-state index is 0.102. The topological polar surface area (TPSA) is 9.23 Å². The van der Waals surface area contributed by atoms with Gasteiger partial charge in [0, 0.05) is 0 Å². The van der Waals surface area contributed by atoms with Crippen molar-refractivity contribution in [2.24, 2.45) is 5.92 Å². The molecule has 0 aromatic rings. The van der Waals surface area contributed by atoms with Crippen LogP contribution in [-0.2, 0) is 4.74 Å². The molecule has 0 aromatic heterocycles. The molecule has 0 aliphatic rings. The zero-order valence-electron chi connectivity index (χ0n) is 7.16. The highest BCUT2D eigenvalue weighted by Gasteiger charge is 2.33. The van der Waals surface area contributed by atoms with Crippen molar-refractivity contribution in [3.05, 3.63) is 12.3 Å². The number of ether oxygens (including phenoxy) is 1. The van der Waals surface area contributed by atoms with Gasteiger partial charge in [0.05, 0.1) is 6.61 Å². The van der Waals surface area contributed by atoms with E-state index in [9.17, 15) is 0 Å².